The number of aromatic nitrogens is 2. The second-order valence-corrected chi connectivity index (χ2v) is 4.89. The van der Waals surface area contributed by atoms with Crippen LogP contribution in [0.5, 0.6) is 0 Å². The molecule has 1 heterocycles. The fraction of sp³-hybridized carbons (Fsp3) is 0.154. The van der Waals surface area contributed by atoms with E-state index in [0.717, 1.165) is 21.2 Å². The maximum atomic E-state index is 11.1. The van der Waals surface area contributed by atoms with E-state index in [9.17, 15) is 4.79 Å². The van der Waals surface area contributed by atoms with Gasteiger partial charge in [0.2, 0.25) is 0 Å². The van der Waals surface area contributed by atoms with Crippen LogP contribution in [0, 0.1) is 13.8 Å². The van der Waals surface area contributed by atoms with Gasteiger partial charge >= 0.3 is 5.97 Å². The van der Waals surface area contributed by atoms with Gasteiger partial charge < -0.3 is 5.11 Å². The summed E-state index contributed by atoms with van der Waals surface area (Å²) >= 11 is 1.42. The highest BCUT2D eigenvalue weighted by atomic mass is 32.2. The van der Waals surface area contributed by atoms with Gasteiger partial charge in [0.15, 0.2) is 0 Å². The number of nitrogens with zero attached hydrogens (tertiary/aromatic N) is 2. The van der Waals surface area contributed by atoms with Gasteiger partial charge in [-0.3, -0.25) is 4.98 Å². The zero-order valence-electron chi connectivity index (χ0n) is 10.0. The Balaban J connectivity index is 2.33. The third-order valence-corrected chi connectivity index (χ3v) is 3.57. The molecule has 2 aromatic rings. The number of carbonyl (C=O) groups is 1. The van der Waals surface area contributed by atoms with Crippen molar-refractivity contribution >= 4 is 17.7 Å². The summed E-state index contributed by atoms with van der Waals surface area (Å²) in [6.07, 6.45) is 3.26. The number of hydrogen-bond acceptors (Lipinski definition) is 4. The SMILES string of the molecule is Cc1ccc(Sc2nccnc2C)cc1C(=O)O. The third kappa shape index (κ3) is 2.68. The highest BCUT2D eigenvalue weighted by molar-refractivity contribution is 7.99. The van der Waals surface area contributed by atoms with Crippen LogP contribution in [-0.2, 0) is 0 Å². The summed E-state index contributed by atoms with van der Waals surface area (Å²) in [5.41, 5.74) is 1.91. The Morgan fingerprint density at radius 2 is 1.94 bits per heavy atom. The zero-order valence-corrected chi connectivity index (χ0v) is 10.9. The van der Waals surface area contributed by atoms with Gasteiger partial charge in [0.05, 0.1) is 11.3 Å². The van der Waals surface area contributed by atoms with Crippen molar-refractivity contribution in [3.05, 3.63) is 47.4 Å². The van der Waals surface area contributed by atoms with E-state index in [0.29, 0.717) is 5.56 Å². The van der Waals surface area contributed by atoms with Gasteiger partial charge in [0.25, 0.3) is 0 Å². The minimum atomic E-state index is -0.911. The Kier molecular flexibility index (Phi) is 3.62. The number of aromatic carboxylic acids is 1. The predicted molar refractivity (Wildman–Crippen MR) is 69.0 cm³/mol. The molecular formula is C13H12N2O2S. The van der Waals surface area contributed by atoms with Crippen LogP contribution < -0.4 is 0 Å². The Morgan fingerprint density at radius 3 is 2.61 bits per heavy atom. The number of aryl methyl sites for hydroxylation is 2. The average molecular weight is 260 g/mol. The summed E-state index contributed by atoms with van der Waals surface area (Å²) in [4.78, 5) is 20.3. The second-order valence-electron chi connectivity index (χ2n) is 3.83. The molecule has 0 saturated heterocycles. The number of hydrogen-bond donors (Lipinski definition) is 1. The predicted octanol–water partition coefficient (Wildman–Crippen LogP) is 2.94. The minimum absolute atomic E-state index is 0.321. The van der Waals surface area contributed by atoms with Crippen LogP contribution in [0.4, 0.5) is 0 Å². The molecule has 0 fully saturated rings. The molecule has 0 radical (unpaired) electrons. The number of benzene rings is 1. The highest BCUT2D eigenvalue weighted by Gasteiger charge is 2.10. The van der Waals surface area contributed by atoms with Gasteiger partial charge in [0.1, 0.15) is 5.03 Å². The molecule has 0 aliphatic carbocycles. The maximum Gasteiger partial charge on any atom is 0.335 e. The van der Waals surface area contributed by atoms with Crippen molar-refractivity contribution in [2.45, 2.75) is 23.8 Å². The molecule has 0 bridgehead atoms. The molecule has 5 heteroatoms. The maximum absolute atomic E-state index is 11.1. The lowest BCUT2D eigenvalue weighted by atomic mass is 10.1. The monoisotopic (exact) mass is 260 g/mol. The molecule has 1 N–H and O–H groups in total. The molecule has 0 saturated carbocycles. The molecule has 1 aromatic heterocycles. The van der Waals surface area contributed by atoms with Crippen LogP contribution in [-0.4, -0.2) is 21.0 Å². The number of rotatable bonds is 3. The first-order chi connectivity index (χ1) is 8.58. The Hall–Kier alpha value is -1.88. The lowest BCUT2D eigenvalue weighted by molar-refractivity contribution is 0.0696. The topological polar surface area (TPSA) is 63.1 Å². The highest BCUT2D eigenvalue weighted by Crippen LogP contribution is 2.28. The van der Waals surface area contributed by atoms with Gasteiger partial charge in [-0.25, -0.2) is 9.78 Å². The van der Waals surface area contributed by atoms with Crippen molar-refractivity contribution < 1.29 is 9.90 Å². The quantitative estimate of drug-likeness (QED) is 0.919. The normalized spacial score (nSPS) is 10.3. The van der Waals surface area contributed by atoms with E-state index >= 15 is 0 Å². The molecule has 18 heavy (non-hydrogen) atoms. The first kappa shape index (κ1) is 12.6. The van der Waals surface area contributed by atoms with E-state index in [2.05, 4.69) is 9.97 Å². The molecule has 1 aromatic carbocycles. The smallest absolute Gasteiger partial charge is 0.335 e. The third-order valence-electron chi connectivity index (χ3n) is 2.49. The first-order valence-electron chi connectivity index (χ1n) is 5.37. The van der Waals surface area contributed by atoms with E-state index in [4.69, 9.17) is 5.11 Å². The lowest BCUT2D eigenvalue weighted by Crippen LogP contribution is -1.99. The Morgan fingerprint density at radius 1 is 1.22 bits per heavy atom. The molecule has 92 valence electrons. The summed E-state index contributed by atoms with van der Waals surface area (Å²) < 4.78 is 0. The standard InChI is InChI=1S/C13H12N2O2S/c1-8-3-4-10(7-11(8)13(16)17)18-12-9(2)14-5-6-15-12/h3-7H,1-2H3,(H,16,17). The van der Waals surface area contributed by atoms with Gasteiger partial charge in [-0.15, -0.1) is 0 Å². The largest absolute Gasteiger partial charge is 0.478 e. The number of carboxylic acid groups (broad SMARTS) is 1. The molecule has 0 aliphatic heterocycles. The molecule has 0 amide bonds. The van der Waals surface area contributed by atoms with Gasteiger partial charge in [-0.2, -0.15) is 0 Å². The summed E-state index contributed by atoms with van der Waals surface area (Å²) in [5, 5.41) is 9.86. The van der Waals surface area contributed by atoms with Crippen LogP contribution in [0.2, 0.25) is 0 Å². The van der Waals surface area contributed by atoms with E-state index in [1.54, 1.807) is 31.5 Å². The van der Waals surface area contributed by atoms with Crippen LogP contribution in [0.15, 0.2) is 40.5 Å². The summed E-state index contributed by atoms with van der Waals surface area (Å²) in [7, 11) is 0. The molecule has 0 unspecified atom stereocenters. The summed E-state index contributed by atoms with van der Waals surface area (Å²) in [6, 6.07) is 5.36. The van der Waals surface area contributed by atoms with Crippen molar-refractivity contribution in [3.8, 4) is 0 Å². The second kappa shape index (κ2) is 5.18. The van der Waals surface area contributed by atoms with Gasteiger partial charge in [0, 0.05) is 17.3 Å². The van der Waals surface area contributed by atoms with Crippen molar-refractivity contribution in [2.24, 2.45) is 0 Å². The Labute approximate surface area is 109 Å². The van der Waals surface area contributed by atoms with Crippen molar-refractivity contribution in [2.75, 3.05) is 0 Å². The van der Waals surface area contributed by atoms with Crippen molar-refractivity contribution in [1.82, 2.24) is 9.97 Å². The van der Waals surface area contributed by atoms with E-state index in [1.165, 1.54) is 11.8 Å². The summed E-state index contributed by atoms with van der Waals surface area (Å²) in [5.74, 6) is -0.911. The summed E-state index contributed by atoms with van der Waals surface area (Å²) in [6.45, 7) is 3.66. The van der Waals surface area contributed by atoms with E-state index in [1.807, 2.05) is 13.0 Å². The fourth-order valence-electron chi connectivity index (χ4n) is 1.50. The van der Waals surface area contributed by atoms with Crippen LogP contribution in [0.3, 0.4) is 0 Å². The van der Waals surface area contributed by atoms with Gasteiger partial charge in [-0.1, -0.05) is 17.8 Å². The van der Waals surface area contributed by atoms with Crippen molar-refractivity contribution in [3.63, 3.8) is 0 Å². The minimum Gasteiger partial charge on any atom is -0.478 e. The van der Waals surface area contributed by atoms with Crippen LogP contribution >= 0.6 is 11.8 Å². The Bertz CT molecular complexity index is 599. The molecule has 4 nitrogen and oxygen atoms in total. The molecule has 0 spiro atoms. The molecule has 2 rings (SSSR count). The van der Waals surface area contributed by atoms with Gasteiger partial charge in [-0.05, 0) is 31.5 Å². The first-order valence-corrected chi connectivity index (χ1v) is 6.19. The van der Waals surface area contributed by atoms with Crippen LogP contribution in [0.25, 0.3) is 0 Å². The van der Waals surface area contributed by atoms with Crippen LogP contribution in [0.1, 0.15) is 21.6 Å². The molecular weight excluding hydrogens is 248 g/mol. The molecule has 0 aliphatic rings. The lowest BCUT2D eigenvalue weighted by Gasteiger charge is -2.06. The fourth-order valence-corrected chi connectivity index (χ4v) is 2.35. The van der Waals surface area contributed by atoms with E-state index < -0.39 is 5.97 Å². The zero-order chi connectivity index (χ0) is 13.1. The molecule has 0 atom stereocenters. The average Bonchev–Trinajstić information content (AvgIpc) is 2.34. The van der Waals surface area contributed by atoms with E-state index in [-0.39, 0.29) is 0 Å². The number of carboxylic acids is 1. The van der Waals surface area contributed by atoms with Crippen molar-refractivity contribution in [1.29, 1.82) is 0 Å².